The van der Waals surface area contributed by atoms with Gasteiger partial charge in [-0.2, -0.15) is 16.8 Å². The van der Waals surface area contributed by atoms with Gasteiger partial charge in [0.25, 0.3) is 0 Å². The van der Waals surface area contributed by atoms with E-state index in [4.69, 9.17) is 10.3 Å². The molecule has 0 aromatic heterocycles. The summed E-state index contributed by atoms with van der Waals surface area (Å²) >= 11 is 0. The van der Waals surface area contributed by atoms with Crippen LogP contribution in [0.1, 0.15) is 13.3 Å². The molecule has 0 aromatic rings. The largest absolute Gasteiger partial charge is 0.416 e. The van der Waals surface area contributed by atoms with Crippen LogP contribution in [0.2, 0.25) is 0 Å². The Morgan fingerprint density at radius 1 is 1.36 bits per heavy atom. The van der Waals surface area contributed by atoms with Crippen LogP contribution in [-0.4, -0.2) is 34.0 Å². The fraction of sp³-hybridized carbons (Fsp3) is 1.00. The Bertz CT molecular complexity index is 353. The lowest BCUT2D eigenvalue weighted by Gasteiger charge is -2.11. The van der Waals surface area contributed by atoms with Gasteiger partial charge in [0.15, 0.2) is 0 Å². The summed E-state index contributed by atoms with van der Waals surface area (Å²) in [6.45, 7) is 1.46. The van der Waals surface area contributed by atoms with Crippen LogP contribution in [0, 0.1) is 0 Å². The Kier molecular flexibility index (Phi) is 4.91. The van der Waals surface area contributed by atoms with E-state index < -0.39 is 26.9 Å². The lowest BCUT2D eigenvalue weighted by Crippen LogP contribution is -2.28. The van der Waals surface area contributed by atoms with Crippen LogP contribution < -0.4 is 5.73 Å². The summed E-state index contributed by atoms with van der Waals surface area (Å²) < 4.78 is 57.1. The summed E-state index contributed by atoms with van der Waals surface area (Å²) in [6.07, 6.45) is -0.633. The zero-order valence-corrected chi connectivity index (χ0v) is 8.92. The van der Waals surface area contributed by atoms with E-state index in [9.17, 15) is 16.8 Å². The molecule has 14 heavy (non-hydrogen) atoms. The third-order valence-corrected chi connectivity index (χ3v) is 3.00. The van der Waals surface area contributed by atoms with E-state index in [0.717, 1.165) is 0 Å². The third-order valence-electron chi connectivity index (χ3n) is 1.14. The first-order chi connectivity index (χ1) is 6.20. The minimum absolute atomic E-state index is 0.120. The van der Waals surface area contributed by atoms with Crippen molar-refractivity contribution in [3.63, 3.8) is 0 Å². The van der Waals surface area contributed by atoms with Gasteiger partial charge in [0.05, 0.1) is 6.10 Å². The van der Waals surface area contributed by atoms with Gasteiger partial charge in [-0.05, 0) is 6.42 Å². The molecule has 10 heteroatoms. The summed E-state index contributed by atoms with van der Waals surface area (Å²) in [4.78, 5) is 0. The van der Waals surface area contributed by atoms with E-state index in [-0.39, 0.29) is 13.0 Å². The molecule has 0 saturated heterocycles. The predicted octanol–water partition coefficient (Wildman–Crippen LogP) is -1.20. The second-order valence-electron chi connectivity index (χ2n) is 2.27. The second kappa shape index (κ2) is 5.00. The molecule has 0 aliphatic rings. The van der Waals surface area contributed by atoms with Gasteiger partial charge in [-0.25, -0.2) is 4.18 Å². The maximum atomic E-state index is 10.7. The molecule has 3 N–H and O–H groups in total. The average molecular weight is 249 g/mol. The molecular weight excluding hydrogens is 238 g/mol. The minimum atomic E-state index is -5.10. The van der Waals surface area contributed by atoms with Crippen molar-refractivity contribution in [2.45, 2.75) is 19.4 Å². The summed E-state index contributed by atoms with van der Waals surface area (Å²) in [5.41, 5.74) is 5.10. The Hall–Kier alpha value is -0.260. The second-order valence-corrected chi connectivity index (χ2v) is 4.67. The Balaban J connectivity index is 4.51. The van der Waals surface area contributed by atoms with Crippen LogP contribution in [0.15, 0.2) is 0 Å². The van der Waals surface area contributed by atoms with Gasteiger partial charge in [0, 0.05) is 6.54 Å². The number of hydrogen-bond acceptors (Lipinski definition) is 7. The fourth-order valence-corrected chi connectivity index (χ4v) is 2.08. The number of rotatable bonds is 6. The lowest BCUT2D eigenvalue weighted by molar-refractivity contribution is 0.185. The molecule has 0 aromatic carbocycles. The van der Waals surface area contributed by atoms with Gasteiger partial charge in [0.2, 0.25) is 0 Å². The van der Waals surface area contributed by atoms with Gasteiger partial charge >= 0.3 is 20.8 Å². The van der Waals surface area contributed by atoms with Crippen LogP contribution >= 0.6 is 0 Å². The SMILES string of the molecule is CCC(CN)OS(=O)(=O)OS(=O)(=O)O. The smallest absolute Gasteiger partial charge is 0.328 e. The normalized spacial score (nSPS) is 15.4. The summed E-state index contributed by atoms with van der Waals surface area (Å²) in [5, 5.41) is 0. The quantitative estimate of drug-likeness (QED) is 0.561. The van der Waals surface area contributed by atoms with Gasteiger partial charge in [-0.15, -0.1) is 3.63 Å². The first-order valence-electron chi connectivity index (χ1n) is 3.52. The minimum Gasteiger partial charge on any atom is -0.328 e. The highest BCUT2D eigenvalue weighted by Gasteiger charge is 2.24. The van der Waals surface area contributed by atoms with E-state index in [2.05, 4.69) is 7.81 Å². The lowest BCUT2D eigenvalue weighted by atomic mass is 10.3. The highest BCUT2D eigenvalue weighted by molar-refractivity contribution is 7.94. The predicted molar refractivity (Wildman–Crippen MR) is 45.8 cm³/mol. The van der Waals surface area contributed by atoms with Crippen molar-refractivity contribution in [3.05, 3.63) is 0 Å². The summed E-state index contributed by atoms with van der Waals surface area (Å²) in [6, 6.07) is 0. The molecule has 0 aliphatic heterocycles. The van der Waals surface area contributed by atoms with E-state index in [1.807, 2.05) is 0 Å². The van der Waals surface area contributed by atoms with Crippen molar-refractivity contribution in [2.75, 3.05) is 6.54 Å². The molecule has 0 aliphatic carbocycles. The Morgan fingerprint density at radius 3 is 2.14 bits per heavy atom. The van der Waals surface area contributed by atoms with Gasteiger partial charge in [-0.3, -0.25) is 4.55 Å². The van der Waals surface area contributed by atoms with Crippen molar-refractivity contribution >= 4 is 20.8 Å². The average Bonchev–Trinajstić information content (AvgIpc) is 1.95. The van der Waals surface area contributed by atoms with E-state index in [1.165, 1.54) is 0 Å². The molecular formula is C4H11NO7S2. The van der Waals surface area contributed by atoms with Crippen LogP contribution in [0.3, 0.4) is 0 Å². The molecule has 0 amide bonds. The molecule has 1 atom stereocenters. The molecule has 0 bridgehead atoms. The highest BCUT2D eigenvalue weighted by Crippen LogP contribution is 2.06. The first kappa shape index (κ1) is 13.7. The number of hydrogen-bond donors (Lipinski definition) is 2. The van der Waals surface area contributed by atoms with Crippen LogP contribution in [0.5, 0.6) is 0 Å². The van der Waals surface area contributed by atoms with Gasteiger partial charge in [-0.1, -0.05) is 6.92 Å². The van der Waals surface area contributed by atoms with E-state index in [0.29, 0.717) is 0 Å². The Labute approximate surface area is 82.3 Å². The van der Waals surface area contributed by atoms with Crippen molar-refractivity contribution in [3.8, 4) is 0 Å². The molecule has 0 fully saturated rings. The van der Waals surface area contributed by atoms with Crippen molar-refractivity contribution in [1.82, 2.24) is 0 Å². The number of nitrogens with two attached hydrogens (primary N) is 1. The molecule has 1 unspecified atom stereocenters. The van der Waals surface area contributed by atoms with E-state index in [1.54, 1.807) is 6.92 Å². The Morgan fingerprint density at radius 2 is 1.86 bits per heavy atom. The zero-order valence-electron chi connectivity index (χ0n) is 7.28. The van der Waals surface area contributed by atoms with Gasteiger partial charge < -0.3 is 5.73 Å². The topological polar surface area (TPSA) is 133 Å². The summed E-state index contributed by atoms with van der Waals surface area (Å²) in [7, 11) is -9.88. The molecule has 0 radical (unpaired) electrons. The van der Waals surface area contributed by atoms with Crippen LogP contribution in [0.25, 0.3) is 0 Å². The fourth-order valence-electron chi connectivity index (χ4n) is 0.562. The maximum absolute atomic E-state index is 10.7. The monoisotopic (exact) mass is 249 g/mol. The van der Waals surface area contributed by atoms with Crippen LogP contribution in [0.4, 0.5) is 0 Å². The molecule has 0 rings (SSSR count). The van der Waals surface area contributed by atoms with Crippen LogP contribution in [-0.2, 0) is 28.6 Å². The van der Waals surface area contributed by atoms with Crippen molar-refractivity contribution in [2.24, 2.45) is 5.73 Å². The van der Waals surface area contributed by atoms with Crippen molar-refractivity contribution in [1.29, 1.82) is 0 Å². The van der Waals surface area contributed by atoms with Crippen molar-refractivity contribution < 1.29 is 29.2 Å². The molecule has 0 heterocycles. The van der Waals surface area contributed by atoms with Gasteiger partial charge in [0.1, 0.15) is 0 Å². The molecule has 86 valence electrons. The highest BCUT2D eigenvalue weighted by atomic mass is 32.3. The molecule has 0 saturated carbocycles. The third kappa shape index (κ3) is 6.23. The molecule has 0 spiro atoms. The summed E-state index contributed by atoms with van der Waals surface area (Å²) in [5.74, 6) is 0. The first-order valence-corrected chi connectivity index (χ1v) is 6.22. The molecule has 8 nitrogen and oxygen atoms in total. The van der Waals surface area contributed by atoms with E-state index >= 15 is 0 Å². The standard InChI is InChI=1S/C4H11NO7S2/c1-2-4(3-5)11-14(9,10)12-13(6,7)8/h4H,2-3,5H2,1H3,(H,6,7,8). The maximum Gasteiger partial charge on any atom is 0.416 e. The zero-order chi connectivity index (χ0) is 11.4.